The Bertz CT molecular complexity index is 2660. The molecule has 1 nitrogen and oxygen atoms in total. The van der Waals surface area contributed by atoms with Crippen molar-refractivity contribution in [2.75, 3.05) is 4.90 Å². The molecule has 1 heteroatoms. The molecule has 0 aliphatic heterocycles. The van der Waals surface area contributed by atoms with Crippen LogP contribution in [0.5, 0.6) is 0 Å². The molecule has 0 spiro atoms. The third-order valence-electron chi connectivity index (χ3n) is 10.1. The topological polar surface area (TPSA) is 3.24 Å². The highest BCUT2D eigenvalue weighted by Gasteiger charge is 2.23. The summed E-state index contributed by atoms with van der Waals surface area (Å²) in [5.74, 6) is 0. The molecule has 0 fully saturated rings. The lowest BCUT2D eigenvalue weighted by molar-refractivity contribution is 1.28. The molecule has 0 atom stereocenters. The summed E-state index contributed by atoms with van der Waals surface area (Å²) in [6.07, 6.45) is 0. The van der Waals surface area contributed by atoms with E-state index in [9.17, 15) is 0 Å². The molecular weight excluding hydrogens is 639 g/mol. The Labute approximate surface area is 311 Å². The molecule has 0 bridgehead atoms. The normalized spacial score (nSPS) is 11.0. The maximum Gasteiger partial charge on any atom is 0.0546 e. The van der Waals surface area contributed by atoms with Gasteiger partial charge < -0.3 is 4.90 Å². The summed E-state index contributed by atoms with van der Waals surface area (Å²) in [6, 6.07) is 80.9. The molecule has 9 aromatic carbocycles. The van der Waals surface area contributed by atoms with Crippen molar-refractivity contribution >= 4 is 27.8 Å². The van der Waals surface area contributed by atoms with Crippen molar-refractivity contribution in [3.05, 3.63) is 224 Å². The summed E-state index contributed by atoms with van der Waals surface area (Å²) in [4.78, 5) is 2.45. The SMILES string of the molecule is c1ccc(-c2cccc(N(c3cccc(-c4cccc5ccccc45)c3)c3cccc(-c4ccccc4)c3-c3ccccc3-c3ccccc3)c2)cc1. The van der Waals surface area contributed by atoms with Gasteiger partial charge in [-0.25, -0.2) is 0 Å². The van der Waals surface area contributed by atoms with Crippen molar-refractivity contribution in [2.24, 2.45) is 0 Å². The van der Waals surface area contributed by atoms with Gasteiger partial charge in [0.1, 0.15) is 0 Å². The van der Waals surface area contributed by atoms with Gasteiger partial charge in [-0.3, -0.25) is 0 Å². The van der Waals surface area contributed by atoms with Gasteiger partial charge >= 0.3 is 0 Å². The average molecular weight is 676 g/mol. The maximum absolute atomic E-state index is 2.45. The Balaban J connectivity index is 1.34. The smallest absolute Gasteiger partial charge is 0.0546 e. The van der Waals surface area contributed by atoms with E-state index >= 15 is 0 Å². The lowest BCUT2D eigenvalue weighted by Crippen LogP contribution is -2.12. The van der Waals surface area contributed by atoms with Crippen LogP contribution in [0.4, 0.5) is 17.1 Å². The first kappa shape index (κ1) is 32.0. The Hall–Kier alpha value is -6.96. The average Bonchev–Trinajstić information content (AvgIpc) is 3.25. The Morgan fingerprint density at radius 1 is 0.264 bits per heavy atom. The van der Waals surface area contributed by atoms with Crippen molar-refractivity contribution in [1.82, 2.24) is 0 Å². The first-order chi connectivity index (χ1) is 26.3. The molecule has 0 saturated heterocycles. The van der Waals surface area contributed by atoms with Crippen molar-refractivity contribution in [3.63, 3.8) is 0 Å². The summed E-state index contributed by atoms with van der Waals surface area (Å²) >= 11 is 0. The number of anilines is 3. The Kier molecular flexibility index (Phi) is 8.66. The van der Waals surface area contributed by atoms with Crippen LogP contribution in [0.1, 0.15) is 0 Å². The van der Waals surface area contributed by atoms with Crippen LogP contribution in [0.2, 0.25) is 0 Å². The molecule has 0 radical (unpaired) electrons. The second-order valence-electron chi connectivity index (χ2n) is 13.3. The second kappa shape index (κ2) is 14.3. The standard InChI is InChI=1S/C52H37N/c1-4-18-38(19-5-1)42-26-14-28-44(36-42)53(45-29-15-27-43(37-45)48-33-16-25-40-24-10-11-30-46(40)48)51-35-17-34-49(41-22-8-3-9-23-41)52(51)50-32-13-12-31-47(50)39-20-6-2-7-21-39/h1-37H. The molecule has 0 amide bonds. The van der Waals surface area contributed by atoms with Gasteiger partial charge in [0.2, 0.25) is 0 Å². The van der Waals surface area contributed by atoms with E-state index in [1.54, 1.807) is 0 Å². The molecule has 0 aliphatic carbocycles. The molecule has 0 aliphatic rings. The number of rotatable bonds is 8. The molecule has 0 aromatic heterocycles. The van der Waals surface area contributed by atoms with Crippen molar-refractivity contribution < 1.29 is 0 Å². The third kappa shape index (κ3) is 6.30. The monoisotopic (exact) mass is 675 g/mol. The fourth-order valence-electron chi connectivity index (χ4n) is 7.61. The van der Waals surface area contributed by atoms with Gasteiger partial charge in [0, 0.05) is 16.9 Å². The highest BCUT2D eigenvalue weighted by molar-refractivity contribution is 6.02. The summed E-state index contributed by atoms with van der Waals surface area (Å²) in [5.41, 5.74) is 15.1. The van der Waals surface area contributed by atoms with Crippen LogP contribution >= 0.6 is 0 Å². The summed E-state index contributed by atoms with van der Waals surface area (Å²) in [7, 11) is 0. The fourth-order valence-corrected chi connectivity index (χ4v) is 7.61. The molecule has 9 aromatic rings. The summed E-state index contributed by atoms with van der Waals surface area (Å²) < 4.78 is 0. The third-order valence-corrected chi connectivity index (χ3v) is 10.1. The highest BCUT2D eigenvalue weighted by Crippen LogP contribution is 2.48. The molecule has 53 heavy (non-hydrogen) atoms. The lowest BCUT2D eigenvalue weighted by Gasteiger charge is -2.30. The fraction of sp³-hybridized carbons (Fsp3) is 0. The minimum absolute atomic E-state index is 1.09. The van der Waals surface area contributed by atoms with Crippen LogP contribution in [0.25, 0.3) is 66.4 Å². The number of nitrogens with zero attached hydrogens (tertiary/aromatic N) is 1. The predicted octanol–water partition coefficient (Wildman–Crippen LogP) is 14.6. The van der Waals surface area contributed by atoms with Gasteiger partial charge in [-0.1, -0.05) is 194 Å². The molecule has 250 valence electrons. The van der Waals surface area contributed by atoms with Gasteiger partial charge in [0.15, 0.2) is 0 Å². The van der Waals surface area contributed by atoms with Gasteiger partial charge in [-0.15, -0.1) is 0 Å². The Morgan fingerprint density at radius 2 is 0.717 bits per heavy atom. The predicted molar refractivity (Wildman–Crippen MR) is 226 cm³/mol. The van der Waals surface area contributed by atoms with Crippen molar-refractivity contribution in [3.8, 4) is 55.6 Å². The van der Waals surface area contributed by atoms with E-state index in [0.717, 1.165) is 17.1 Å². The minimum Gasteiger partial charge on any atom is -0.310 e. The van der Waals surface area contributed by atoms with Crippen LogP contribution in [0.15, 0.2) is 224 Å². The number of benzene rings is 9. The number of hydrogen-bond acceptors (Lipinski definition) is 1. The molecule has 0 unspecified atom stereocenters. The van der Waals surface area contributed by atoms with Crippen molar-refractivity contribution in [2.45, 2.75) is 0 Å². The zero-order valence-corrected chi connectivity index (χ0v) is 29.3. The molecular formula is C52H37N. The van der Waals surface area contributed by atoms with Crippen LogP contribution in [0.3, 0.4) is 0 Å². The van der Waals surface area contributed by atoms with E-state index in [1.165, 1.54) is 66.4 Å². The molecule has 0 N–H and O–H groups in total. The Morgan fingerprint density at radius 3 is 1.43 bits per heavy atom. The second-order valence-corrected chi connectivity index (χ2v) is 13.3. The molecule has 9 rings (SSSR count). The van der Waals surface area contributed by atoms with E-state index in [4.69, 9.17) is 0 Å². The van der Waals surface area contributed by atoms with Crippen molar-refractivity contribution in [1.29, 1.82) is 0 Å². The maximum atomic E-state index is 2.45. The van der Waals surface area contributed by atoms with Crippen LogP contribution in [-0.4, -0.2) is 0 Å². The highest BCUT2D eigenvalue weighted by atomic mass is 15.1. The van der Waals surface area contributed by atoms with Gasteiger partial charge in [0.25, 0.3) is 0 Å². The zero-order chi connectivity index (χ0) is 35.4. The molecule has 0 saturated carbocycles. The van der Waals surface area contributed by atoms with Crippen LogP contribution in [-0.2, 0) is 0 Å². The van der Waals surface area contributed by atoms with E-state index in [0.29, 0.717) is 0 Å². The van der Waals surface area contributed by atoms with Crippen LogP contribution in [0, 0.1) is 0 Å². The largest absolute Gasteiger partial charge is 0.310 e. The minimum atomic E-state index is 1.09. The number of fused-ring (bicyclic) bond motifs is 1. The lowest BCUT2D eigenvalue weighted by atomic mass is 9.87. The first-order valence-corrected chi connectivity index (χ1v) is 18.2. The molecule has 0 heterocycles. The quantitative estimate of drug-likeness (QED) is 0.155. The van der Waals surface area contributed by atoms with Gasteiger partial charge in [-0.2, -0.15) is 0 Å². The van der Waals surface area contributed by atoms with E-state index < -0.39 is 0 Å². The van der Waals surface area contributed by atoms with E-state index in [2.05, 4.69) is 229 Å². The van der Waals surface area contributed by atoms with E-state index in [1.807, 2.05) is 0 Å². The van der Waals surface area contributed by atoms with Crippen LogP contribution < -0.4 is 4.90 Å². The number of hydrogen-bond donors (Lipinski definition) is 0. The van der Waals surface area contributed by atoms with E-state index in [-0.39, 0.29) is 0 Å². The van der Waals surface area contributed by atoms with Gasteiger partial charge in [-0.05, 0) is 91.2 Å². The first-order valence-electron chi connectivity index (χ1n) is 18.2. The summed E-state index contributed by atoms with van der Waals surface area (Å²) in [6.45, 7) is 0. The summed E-state index contributed by atoms with van der Waals surface area (Å²) in [5, 5.41) is 2.48. The van der Waals surface area contributed by atoms with Gasteiger partial charge in [0.05, 0.1) is 5.69 Å². The zero-order valence-electron chi connectivity index (χ0n) is 29.3.